The summed E-state index contributed by atoms with van der Waals surface area (Å²) in [5.41, 5.74) is -3.88. The molecule has 0 fully saturated rings. The van der Waals surface area contributed by atoms with Gasteiger partial charge in [0.05, 0.1) is 13.8 Å². The Labute approximate surface area is 268 Å². The largest absolute Gasteiger partial charge is 0.393 e. The molecule has 0 aromatic carbocycles. The number of carbonyl (C=O) groups is 2. The number of aliphatic hydroxyl groups is 3. The van der Waals surface area contributed by atoms with Gasteiger partial charge in [0.2, 0.25) is 0 Å². The smallest absolute Gasteiger partial charge is 0.178 e. The number of rotatable bonds is 29. The van der Waals surface area contributed by atoms with Crippen LogP contribution in [0.25, 0.3) is 0 Å². The van der Waals surface area contributed by atoms with E-state index in [0.717, 1.165) is 38.5 Å². The van der Waals surface area contributed by atoms with E-state index in [1.54, 1.807) is 0 Å². The van der Waals surface area contributed by atoms with Gasteiger partial charge in [0.25, 0.3) is 0 Å². The number of ketones is 2. The van der Waals surface area contributed by atoms with Crippen molar-refractivity contribution in [3.8, 4) is 0 Å². The van der Waals surface area contributed by atoms with Crippen molar-refractivity contribution in [2.75, 3.05) is 0 Å². The molecular formula is C37H74O5Si. The Morgan fingerprint density at radius 3 is 1.19 bits per heavy atom. The molecular weight excluding hydrogens is 552 g/mol. The molecule has 256 valence electrons. The van der Waals surface area contributed by atoms with Crippen LogP contribution in [-0.2, 0) is 9.59 Å². The third kappa shape index (κ3) is 16.5. The summed E-state index contributed by atoms with van der Waals surface area (Å²) < 4.78 is 0. The fourth-order valence-corrected chi connectivity index (χ4v) is 8.15. The zero-order valence-electron chi connectivity index (χ0n) is 29.8. The van der Waals surface area contributed by atoms with Gasteiger partial charge in [-0.25, -0.2) is 0 Å². The van der Waals surface area contributed by atoms with Crippen LogP contribution in [0, 0.1) is 0 Å². The molecule has 3 atom stereocenters. The number of unbranched alkanes of at least 4 members (excludes halogenated alkanes) is 20. The fraction of sp³-hybridized carbons (Fsp3) is 0.946. The molecule has 6 heteroatoms. The summed E-state index contributed by atoms with van der Waals surface area (Å²) in [6, 6.07) is 0. The Balaban J connectivity index is 4.89. The Bertz CT molecular complexity index is 716. The molecule has 0 aliphatic carbocycles. The van der Waals surface area contributed by atoms with Crippen LogP contribution in [0.15, 0.2) is 0 Å². The molecule has 0 spiro atoms. The summed E-state index contributed by atoms with van der Waals surface area (Å²) in [6.07, 6.45) is 23.7. The molecule has 3 N–H and O–H groups in total. The number of hydrogen-bond donors (Lipinski definition) is 3. The first-order valence-electron chi connectivity index (χ1n) is 18.4. The summed E-state index contributed by atoms with van der Waals surface area (Å²) >= 11 is 0. The average Bonchev–Trinajstić information content (AvgIpc) is 2.96. The molecule has 3 unspecified atom stereocenters. The van der Waals surface area contributed by atoms with E-state index in [1.807, 2.05) is 33.9 Å². The monoisotopic (exact) mass is 627 g/mol. The van der Waals surface area contributed by atoms with E-state index in [0.29, 0.717) is 12.8 Å². The number of carbonyl (C=O) groups excluding carboxylic acids is 2. The van der Waals surface area contributed by atoms with E-state index in [1.165, 1.54) is 89.9 Å². The Morgan fingerprint density at radius 1 is 0.558 bits per heavy atom. The van der Waals surface area contributed by atoms with Crippen LogP contribution >= 0.6 is 0 Å². The van der Waals surface area contributed by atoms with E-state index in [-0.39, 0.29) is 17.9 Å². The van der Waals surface area contributed by atoms with Gasteiger partial charge in [0.1, 0.15) is 0 Å². The molecule has 43 heavy (non-hydrogen) atoms. The molecule has 0 rings (SSSR count). The molecule has 0 aromatic rings. The van der Waals surface area contributed by atoms with Crippen LogP contribution in [-0.4, -0.2) is 52.4 Å². The van der Waals surface area contributed by atoms with Gasteiger partial charge in [-0.15, -0.1) is 0 Å². The van der Waals surface area contributed by atoms with Gasteiger partial charge in [-0.3, -0.25) is 9.59 Å². The van der Waals surface area contributed by atoms with E-state index < -0.39 is 37.1 Å². The lowest BCUT2D eigenvalue weighted by molar-refractivity contribution is -0.171. The SMILES string of the molecule is CCCCCCCCCCCCCC(=O)C(O)C(O)(C(=O)CCCCCCCCCCCCC)C(O)[Si](C)(C)C(C)(C)C. The highest BCUT2D eigenvalue weighted by molar-refractivity contribution is 6.81. The minimum atomic E-state index is -2.69. The van der Waals surface area contributed by atoms with Crippen LogP contribution in [0.4, 0.5) is 0 Å². The molecule has 0 amide bonds. The lowest BCUT2D eigenvalue weighted by atomic mass is 9.85. The van der Waals surface area contributed by atoms with E-state index >= 15 is 0 Å². The minimum absolute atomic E-state index is 0.0714. The van der Waals surface area contributed by atoms with E-state index in [2.05, 4.69) is 13.8 Å². The predicted molar refractivity (Wildman–Crippen MR) is 186 cm³/mol. The first kappa shape index (κ1) is 42.4. The third-order valence-electron chi connectivity index (χ3n) is 10.2. The van der Waals surface area contributed by atoms with Gasteiger partial charge < -0.3 is 15.3 Å². The highest BCUT2D eigenvalue weighted by Gasteiger charge is 2.59. The third-order valence-corrected chi connectivity index (χ3v) is 15.9. The number of aliphatic hydroxyl groups excluding tert-OH is 2. The predicted octanol–water partition coefficient (Wildman–Crippen LogP) is 10.0. The van der Waals surface area contributed by atoms with Gasteiger partial charge in [0, 0.05) is 12.8 Å². The van der Waals surface area contributed by atoms with Crippen LogP contribution in [0.5, 0.6) is 0 Å². The Hall–Kier alpha value is -0.563. The first-order valence-corrected chi connectivity index (χ1v) is 21.5. The molecule has 0 radical (unpaired) electrons. The molecule has 0 aliphatic rings. The van der Waals surface area contributed by atoms with Gasteiger partial charge in [0.15, 0.2) is 23.3 Å². The van der Waals surface area contributed by atoms with Crippen molar-refractivity contribution in [1.29, 1.82) is 0 Å². The maximum absolute atomic E-state index is 13.5. The summed E-state index contributed by atoms with van der Waals surface area (Å²) in [7, 11) is -2.69. The van der Waals surface area contributed by atoms with Crippen molar-refractivity contribution in [2.24, 2.45) is 0 Å². The molecule has 0 bridgehead atoms. The average molecular weight is 627 g/mol. The van der Waals surface area contributed by atoms with Crippen molar-refractivity contribution in [3.63, 3.8) is 0 Å². The second-order valence-corrected chi connectivity index (χ2v) is 20.6. The van der Waals surface area contributed by atoms with Gasteiger partial charge in [-0.05, 0) is 17.9 Å². The maximum Gasteiger partial charge on any atom is 0.178 e. The maximum atomic E-state index is 13.5. The summed E-state index contributed by atoms with van der Waals surface area (Å²) in [4.78, 5) is 26.7. The van der Waals surface area contributed by atoms with Crippen LogP contribution in [0.1, 0.15) is 189 Å². The second-order valence-electron chi connectivity index (χ2n) is 15.1. The molecule has 0 aromatic heterocycles. The van der Waals surface area contributed by atoms with Gasteiger partial charge in [-0.2, -0.15) is 0 Å². The summed E-state index contributed by atoms with van der Waals surface area (Å²) in [5, 5.41) is 34.2. The lowest BCUT2D eigenvalue weighted by Gasteiger charge is -2.47. The first-order chi connectivity index (χ1) is 20.3. The highest BCUT2D eigenvalue weighted by Crippen LogP contribution is 2.42. The van der Waals surface area contributed by atoms with Crippen molar-refractivity contribution < 1.29 is 24.9 Å². The molecule has 5 nitrogen and oxygen atoms in total. The molecule has 0 heterocycles. The Morgan fingerprint density at radius 2 is 0.860 bits per heavy atom. The van der Waals surface area contributed by atoms with Crippen molar-refractivity contribution >= 4 is 19.6 Å². The lowest BCUT2D eigenvalue weighted by Crippen LogP contribution is -2.69. The number of Topliss-reactive ketones (excluding diaryl/α,β-unsaturated/α-hetero) is 2. The molecule has 0 aliphatic heterocycles. The van der Waals surface area contributed by atoms with Crippen LogP contribution in [0.2, 0.25) is 18.1 Å². The van der Waals surface area contributed by atoms with E-state index in [4.69, 9.17) is 0 Å². The zero-order valence-corrected chi connectivity index (χ0v) is 30.8. The molecule has 0 saturated carbocycles. The van der Waals surface area contributed by atoms with Crippen molar-refractivity contribution in [1.82, 2.24) is 0 Å². The van der Waals surface area contributed by atoms with Crippen LogP contribution < -0.4 is 0 Å². The van der Waals surface area contributed by atoms with Crippen molar-refractivity contribution in [2.45, 2.75) is 224 Å². The topological polar surface area (TPSA) is 94.8 Å². The second kappa shape index (κ2) is 23.7. The number of hydrogen-bond acceptors (Lipinski definition) is 5. The van der Waals surface area contributed by atoms with Crippen molar-refractivity contribution in [3.05, 3.63) is 0 Å². The van der Waals surface area contributed by atoms with Gasteiger partial charge in [-0.1, -0.05) is 176 Å². The molecule has 0 saturated heterocycles. The standard InChI is InChI=1S/C37H74O5Si/c1-8-10-12-14-16-18-20-22-24-26-28-30-32(38)34(40)37(42,35(41)43(6,7)36(3,4)5)33(39)31-29-27-25-23-21-19-17-15-13-11-9-2/h34-35,40-42H,8-31H2,1-7H3. The quantitative estimate of drug-likeness (QED) is 0.0567. The minimum Gasteiger partial charge on any atom is -0.393 e. The highest BCUT2D eigenvalue weighted by atomic mass is 28.3. The summed E-state index contributed by atoms with van der Waals surface area (Å²) in [6.45, 7) is 14.3. The normalized spacial score (nSPS) is 15.3. The zero-order chi connectivity index (χ0) is 32.8. The Kier molecular flexibility index (Phi) is 23.4. The fourth-order valence-electron chi connectivity index (χ4n) is 5.91. The van der Waals surface area contributed by atoms with Gasteiger partial charge >= 0.3 is 0 Å². The summed E-state index contributed by atoms with van der Waals surface area (Å²) in [5.74, 6) is -1.11. The van der Waals surface area contributed by atoms with E-state index in [9.17, 15) is 24.9 Å². The van der Waals surface area contributed by atoms with Crippen LogP contribution in [0.3, 0.4) is 0 Å².